The lowest BCUT2D eigenvalue weighted by atomic mass is 9.96. The van der Waals surface area contributed by atoms with Gasteiger partial charge in [0.05, 0.1) is 35.1 Å². The number of benzene rings is 5. The normalized spacial score (nSPS) is 15.5. The fraction of sp³-hybridized carbons (Fsp3) is 0.300. The predicted octanol–water partition coefficient (Wildman–Crippen LogP) is 9.22. The van der Waals surface area contributed by atoms with Crippen LogP contribution < -0.4 is 19.8 Å². The van der Waals surface area contributed by atoms with Gasteiger partial charge in [0.25, 0.3) is 19.9 Å². The summed E-state index contributed by atoms with van der Waals surface area (Å²) in [7, 11) is -8.82. The number of sulfonamides is 1. The molecule has 0 amide bonds. The van der Waals surface area contributed by atoms with Gasteiger partial charge in [0.15, 0.2) is 0 Å². The van der Waals surface area contributed by atoms with Crippen LogP contribution in [0, 0.1) is 12.7 Å². The zero-order chi connectivity index (χ0) is 49.8. The number of carboxylic acid groups (broad SMARTS) is 1. The molecule has 2 aliphatic rings. The van der Waals surface area contributed by atoms with Crippen LogP contribution in [-0.4, -0.2) is 114 Å². The Morgan fingerprint density at radius 1 is 0.786 bits per heavy atom. The van der Waals surface area contributed by atoms with Crippen LogP contribution in [0.25, 0.3) is 22.4 Å². The molecule has 0 spiro atoms. The van der Waals surface area contributed by atoms with Gasteiger partial charge in [0.2, 0.25) is 0 Å². The number of anilines is 4. The highest BCUT2D eigenvalue weighted by molar-refractivity contribution is 7.99. The third kappa shape index (κ3) is 11.3. The number of carbonyl (C=O) groups is 1. The van der Waals surface area contributed by atoms with Crippen molar-refractivity contribution in [2.45, 2.75) is 39.6 Å². The van der Waals surface area contributed by atoms with Crippen LogP contribution in [-0.2, 0) is 31.6 Å². The number of thioether (sulfide) groups is 1. The summed E-state index contributed by atoms with van der Waals surface area (Å²) in [5, 5.41) is 13.3. The number of hydrogen-bond donors (Lipinski definition) is 3. The number of morpholine rings is 1. The number of halogens is 4. The van der Waals surface area contributed by atoms with E-state index in [9.17, 15) is 44.3 Å². The molecule has 1 atom stereocenters. The first-order chi connectivity index (χ1) is 33.4. The summed E-state index contributed by atoms with van der Waals surface area (Å²) < 4.78 is 120. The standard InChI is InChI=1S/C50H52F4N6O7S3/c1-34-46(49(61)62)47(48(57(34)2)35-11-13-37(51)14-12-35)36-7-6-8-41(31-36)60-25-23-59(24-26-60)40-17-15-38(16-18-40)56-70(65,66)43-19-20-44(45(32-43)69(63,64)50(52,53)54)55-39(21-22-58-27-29-67-30-28-58)33-68-42-9-4-3-5-10-42/h3-20,31-32,39,55-56H,21-30,33H2,1-2H3,(H,61,62)/t39-/m1/s1. The van der Waals surface area contributed by atoms with Crippen LogP contribution in [0.4, 0.5) is 40.3 Å². The van der Waals surface area contributed by atoms with Gasteiger partial charge in [-0.2, -0.15) is 13.2 Å². The molecule has 20 heteroatoms. The maximum Gasteiger partial charge on any atom is 0.501 e. The topological polar surface area (TPSA) is 154 Å². The van der Waals surface area contributed by atoms with Crippen molar-refractivity contribution < 1.29 is 49.0 Å². The lowest BCUT2D eigenvalue weighted by Crippen LogP contribution is -2.46. The fourth-order valence-corrected chi connectivity index (χ4v) is 11.9. The average Bonchev–Trinajstić information content (AvgIpc) is 3.62. The molecule has 13 nitrogen and oxygen atoms in total. The van der Waals surface area contributed by atoms with Crippen molar-refractivity contribution in [1.82, 2.24) is 9.47 Å². The van der Waals surface area contributed by atoms with Gasteiger partial charge in [-0.3, -0.25) is 9.62 Å². The lowest BCUT2D eigenvalue weighted by molar-refractivity contribution is -0.0435. The van der Waals surface area contributed by atoms with Gasteiger partial charge >= 0.3 is 11.5 Å². The second kappa shape index (κ2) is 21.1. The van der Waals surface area contributed by atoms with Gasteiger partial charge < -0.3 is 29.5 Å². The highest BCUT2D eigenvalue weighted by Gasteiger charge is 2.48. The third-order valence-electron chi connectivity index (χ3n) is 12.6. The van der Waals surface area contributed by atoms with E-state index in [0.29, 0.717) is 105 Å². The smallest absolute Gasteiger partial charge is 0.478 e. The molecule has 0 radical (unpaired) electrons. The molecule has 70 heavy (non-hydrogen) atoms. The van der Waals surface area contributed by atoms with E-state index >= 15 is 0 Å². The molecule has 2 aliphatic heterocycles. The molecule has 0 aliphatic carbocycles. The zero-order valence-electron chi connectivity index (χ0n) is 38.3. The molecule has 1 aromatic heterocycles. The Morgan fingerprint density at radius 3 is 2.09 bits per heavy atom. The zero-order valence-corrected chi connectivity index (χ0v) is 40.8. The van der Waals surface area contributed by atoms with Crippen molar-refractivity contribution in [2.75, 3.05) is 84.6 Å². The second-order valence-corrected chi connectivity index (χ2v) is 21.7. The quantitative estimate of drug-likeness (QED) is 0.0590. The van der Waals surface area contributed by atoms with E-state index < -0.39 is 53.0 Å². The van der Waals surface area contributed by atoms with Gasteiger partial charge in [-0.05, 0) is 115 Å². The molecule has 8 rings (SSSR count). The number of nitrogens with zero attached hydrogens (tertiary/aromatic N) is 4. The number of hydrogen-bond acceptors (Lipinski definition) is 11. The van der Waals surface area contributed by atoms with Gasteiger partial charge in [0.1, 0.15) is 10.7 Å². The van der Waals surface area contributed by atoms with Crippen molar-refractivity contribution in [3.63, 3.8) is 0 Å². The van der Waals surface area contributed by atoms with Crippen LogP contribution in [0.5, 0.6) is 0 Å². The Kier molecular flexibility index (Phi) is 15.2. The molecule has 0 bridgehead atoms. The third-order valence-corrected chi connectivity index (χ3v) is 16.7. The Balaban J connectivity index is 0.961. The molecule has 3 heterocycles. The van der Waals surface area contributed by atoms with E-state index in [2.05, 4.69) is 24.7 Å². The molecule has 0 saturated carbocycles. The largest absolute Gasteiger partial charge is 0.501 e. The van der Waals surface area contributed by atoms with E-state index in [0.717, 1.165) is 28.4 Å². The Bertz CT molecular complexity index is 3040. The van der Waals surface area contributed by atoms with Crippen molar-refractivity contribution in [1.29, 1.82) is 0 Å². The highest BCUT2D eigenvalue weighted by Crippen LogP contribution is 2.41. The Labute approximate surface area is 409 Å². The fourth-order valence-electron chi connectivity index (χ4n) is 8.76. The van der Waals surface area contributed by atoms with Crippen LogP contribution in [0.3, 0.4) is 0 Å². The first kappa shape index (κ1) is 50.3. The van der Waals surface area contributed by atoms with Gasteiger partial charge in [-0.1, -0.05) is 30.3 Å². The van der Waals surface area contributed by atoms with Gasteiger partial charge in [-0.25, -0.2) is 26.0 Å². The number of ether oxygens (including phenoxy) is 1. The number of carboxylic acids is 1. The molecule has 0 unspecified atom stereocenters. The van der Waals surface area contributed by atoms with E-state index in [1.54, 1.807) is 38.2 Å². The summed E-state index contributed by atoms with van der Waals surface area (Å²) in [6, 6.07) is 31.7. The molecule has 3 N–H and O–H groups in total. The molecule has 2 fully saturated rings. The predicted molar refractivity (Wildman–Crippen MR) is 266 cm³/mol. The summed E-state index contributed by atoms with van der Waals surface area (Å²) in [5.74, 6) is -1.09. The number of alkyl halides is 3. The lowest BCUT2D eigenvalue weighted by Gasteiger charge is -2.37. The summed E-state index contributed by atoms with van der Waals surface area (Å²) >= 11 is 1.46. The number of aromatic nitrogens is 1. The van der Waals surface area contributed by atoms with E-state index in [1.165, 1.54) is 36.0 Å². The molecule has 6 aromatic rings. The minimum absolute atomic E-state index is 0.111. The summed E-state index contributed by atoms with van der Waals surface area (Å²) in [4.78, 5) is 18.1. The molecule has 370 valence electrons. The minimum Gasteiger partial charge on any atom is -0.478 e. The summed E-state index contributed by atoms with van der Waals surface area (Å²) in [6.45, 7) is 7.13. The van der Waals surface area contributed by atoms with Crippen molar-refractivity contribution >= 4 is 60.3 Å². The maximum atomic E-state index is 14.2. The van der Waals surface area contributed by atoms with Crippen molar-refractivity contribution in [2.24, 2.45) is 7.05 Å². The number of rotatable bonds is 17. The highest BCUT2D eigenvalue weighted by atomic mass is 32.2. The summed E-state index contributed by atoms with van der Waals surface area (Å²) in [5.41, 5.74) is -1.02. The number of piperazine rings is 1. The monoisotopic (exact) mass is 1020 g/mol. The minimum atomic E-state index is -6.02. The van der Waals surface area contributed by atoms with E-state index in [4.69, 9.17) is 4.74 Å². The number of nitrogens with one attached hydrogen (secondary N) is 2. The van der Waals surface area contributed by atoms with Crippen molar-refractivity contribution in [3.8, 4) is 22.4 Å². The maximum absolute atomic E-state index is 14.2. The van der Waals surface area contributed by atoms with E-state index in [1.807, 2.05) is 59.2 Å². The molecular formula is C50H52F4N6O7S3. The van der Waals surface area contributed by atoms with Gasteiger partial charge in [-0.15, -0.1) is 11.8 Å². The van der Waals surface area contributed by atoms with Crippen LogP contribution in [0.1, 0.15) is 22.5 Å². The Hall–Kier alpha value is -6.06. The first-order valence-electron chi connectivity index (χ1n) is 22.5. The van der Waals surface area contributed by atoms with Crippen molar-refractivity contribution in [3.05, 3.63) is 138 Å². The second-order valence-electron chi connectivity index (χ2n) is 17.0. The Morgan fingerprint density at radius 2 is 1.44 bits per heavy atom. The SMILES string of the molecule is Cc1c(C(=O)O)c(-c2cccc(N3CCN(c4ccc(NS(=O)(=O)c5ccc(N[C@H](CCN6CCOCC6)CSc6ccccc6)c(S(=O)(=O)C(F)(F)F)c5)cc4)CC3)c2)c(-c2ccc(F)cc2)n1C. The van der Waals surface area contributed by atoms with Crippen LogP contribution >= 0.6 is 11.8 Å². The van der Waals surface area contributed by atoms with E-state index in [-0.39, 0.29) is 16.9 Å². The van der Waals surface area contributed by atoms with Crippen LogP contribution in [0.15, 0.2) is 136 Å². The average molecular weight is 1020 g/mol. The molecule has 2 saturated heterocycles. The molecular weight excluding hydrogens is 969 g/mol. The summed E-state index contributed by atoms with van der Waals surface area (Å²) in [6.07, 6.45) is 0.458. The van der Waals surface area contributed by atoms with Gasteiger partial charge in [0, 0.05) is 97.9 Å². The number of sulfone groups is 1. The van der Waals surface area contributed by atoms with Crippen LogP contribution in [0.2, 0.25) is 0 Å². The molecule has 5 aromatic carbocycles. The number of aromatic carboxylic acids is 1. The first-order valence-corrected chi connectivity index (χ1v) is 26.5.